The zero-order chi connectivity index (χ0) is 16.6. The highest BCUT2D eigenvalue weighted by Gasteiger charge is 2.40. The summed E-state index contributed by atoms with van der Waals surface area (Å²) >= 11 is 0. The molecule has 1 N–H and O–H groups in total. The third-order valence-corrected chi connectivity index (χ3v) is 3.85. The summed E-state index contributed by atoms with van der Waals surface area (Å²) in [5, 5.41) is 2.58. The molecule has 1 atom stereocenters. The van der Waals surface area contributed by atoms with E-state index in [2.05, 4.69) is 5.32 Å². The van der Waals surface area contributed by atoms with Gasteiger partial charge >= 0.3 is 12.3 Å². The molecule has 0 aromatic heterocycles. The van der Waals surface area contributed by atoms with Gasteiger partial charge in [0.25, 0.3) is 5.91 Å². The molecule has 2 aliphatic rings. The van der Waals surface area contributed by atoms with Crippen LogP contribution in [0.15, 0.2) is 24.3 Å². The van der Waals surface area contributed by atoms with Crippen LogP contribution in [0.25, 0.3) is 0 Å². The Bertz CT molecular complexity index is 611. The van der Waals surface area contributed by atoms with E-state index < -0.39 is 23.8 Å². The zero-order valence-corrected chi connectivity index (χ0v) is 12.1. The lowest BCUT2D eigenvalue weighted by atomic mass is 10.1. The Morgan fingerprint density at radius 1 is 1.26 bits per heavy atom. The summed E-state index contributed by atoms with van der Waals surface area (Å²) in [6, 6.07) is 4.21. The van der Waals surface area contributed by atoms with Gasteiger partial charge in [0, 0.05) is 11.6 Å². The Labute approximate surface area is 130 Å². The van der Waals surface area contributed by atoms with Crippen molar-refractivity contribution in [1.29, 1.82) is 0 Å². The number of nitrogens with one attached hydrogen (secondary N) is 1. The second-order valence-corrected chi connectivity index (χ2v) is 5.67. The molecule has 0 radical (unpaired) electrons. The standard InChI is InChI=1S/C15H15F3N2O3/c16-15(17,18)10-3-1-9(2-4-10)13(21)19-7-12-8-20(11-5-6-11)14(22)23-12/h1-4,11-12H,5-8H2,(H,19,21). The highest BCUT2D eigenvalue weighted by molar-refractivity contribution is 5.94. The minimum Gasteiger partial charge on any atom is -0.442 e. The van der Waals surface area contributed by atoms with E-state index in [9.17, 15) is 22.8 Å². The number of carbonyl (C=O) groups is 2. The van der Waals surface area contributed by atoms with Gasteiger partial charge in [0.1, 0.15) is 6.10 Å². The molecule has 1 saturated carbocycles. The number of rotatable bonds is 4. The van der Waals surface area contributed by atoms with Crippen LogP contribution in [0.2, 0.25) is 0 Å². The Hall–Kier alpha value is -2.25. The van der Waals surface area contributed by atoms with Crippen LogP contribution in [-0.4, -0.2) is 42.1 Å². The highest BCUT2D eigenvalue weighted by Crippen LogP contribution is 2.30. The fourth-order valence-corrected chi connectivity index (χ4v) is 2.45. The second-order valence-electron chi connectivity index (χ2n) is 5.67. The highest BCUT2D eigenvalue weighted by atomic mass is 19.4. The van der Waals surface area contributed by atoms with Gasteiger partial charge in [-0.1, -0.05) is 0 Å². The van der Waals surface area contributed by atoms with Crippen LogP contribution in [0.1, 0.15) is 28.8 Å². The average molecular weight is 328 g/mol. The van der Waals surface area contributed by atoms with Crippen LogP contribution in [-0.2, 0) is 10.9 Å². The van der Waals surface area contributed by atoms with Crippen molar-refractivity contribution in [3.63, 3.8) is 0 Å². The van der Waals surface area contributed by atoms with E-state index in [-0.39, 0.29) is 24.2 Å². The summed E-state index contributed by atoms with van der Waals surface area (Å²) in [5.41, 5.74) is -0.680. The molecule has 1 aromatic rings. The number of hydrogen-bond donors (Lipinski definition) is 1. The monoisotopic (exact) mass is 328 g/mol. The Morgan fingerprint density at radius 2 is 1.91 bits per heavy atom. The molecule has 124 valence electrons. The van der Waals surface area contributed by atoms with Crippen molar-refractivity contribution in [2.75, 3.05) is 13.1 Å². The van der Waals surface area contributed by atoms with Gasteiger partial charge in [0.2, 0.25) is 0 Å². The lowest BCUT2D eigenvalue weighted by Gasteiger charge is -2.12. The van der Waals surface area contributed by atoms with Crippen molar-refractivity contribution in [2.24, 2.45) is 0 Å². The van der Waals surface area contributed by atoms with Gasteiger partial charge in [-0.3, -0.25) is 4.79 Å². The maximum atomic E-state index is 12.5. The van der Waals surface area contributed by atoms with Gasteiger partial charge in [-0.2, -0.15) is 13.2 Å². The van der Waals surface area contributed by atoms with Crippen molar-refractivity contribution in [3.8, 4) is 0 Å². The van der Waals surface area contributed by atoms with Crippen LogP contribution in [0, 0.1) is 0 Å². The topological polar surface area (TPSA) is 58.6 Å². The normalized spacial score (nSPS) is 21.3. The molecule has 2 fully saturated rings. The first-order valence-electron chi connectivity index (χ1n) is 7.27. The molecule has 8 heteroatoms. The summed E-state index contributed by atoms with van der Waals surface area (Å²) in [6.07, 6.45) is -3.29. The van der Waals surface area contributed by atoms with Gasteiger partial charge in [0.15, 0.2) is 0 Å². The quantitative estimate of drug-likeness (QED) is 0.923. The fraction of sp³-hybridized carbons (Fsp3) is 0.467. The van der Waals surface area contributed by atoms with E-state index in [1.54, 1.807) is 4.90 Å². The molecule has 0 spiro atoms. The van der Waals surface area contributed by atoms with Crippen molar-refractivity contribution in [2.45, 2.75) is 31.2 Å². The van der Waals surface area contributed by atoms with Crippen molar-refractivity contribution in [3.05, 3.63) is 35.4 Å². The smallest absolute Gasteiger partial charge is 0.416 e. The van der Waals surface area contributed by atoms with E-state index in [4.69, 9.17) is 4.74 Å². The number of hydrogen-bond acceptors (Lipinski definition) is 3. The van der Waals surface area contributed by atoms with E-state index in [0.717, 1.165) is 37.1 Å². The van der Waals surface area contributed by atoms with Crippen molar-refractivity contribution >= 4 is 12.0 Å². The third-order valence-electron chi connectivity index (χ3n) is 3.85. The maximum Gasteiger partial charge on any atom is 0.416 e. The Balaban J connectivity index is 1.52. The number of nitrogens with zero attached hydrogens (tertiary/aromatic N) is 1. The molecule has 0 bridgehead atoms. The predicted molar refractivity (Wildman–Crippen MR) is 73.8 cm³/mol. The number of amides is 2. The summed E-state index contributed by atoms with van der Waals surface area (Å²) in [5.74, 6) is -0.500. The van der Waals surface area contributed by atoms with E-state index in [0.29, 0.717) is 6.54 Å². The molecular formula is C15H15F3N2O3. The molecule has 1 aliphatic carbocycles. The molecule has 5 nitrogen and oxygen atoms in total. The molecule has 3 rings (SSSR count). The van der Waals surface area contributed by atoms with E-state index in [1.807, 2.05) is 0 Å². The Kier molecular flexibility index (Phi) is 3.91. The molecular weight excluding hydrogens is 313 g/mol. The largest absolute Gasteiger partial charge is 0.442 e. The number of benzene rings is 1. The number of ether oxygens (including phenoxy) is 1. The second kappa shape index (κ2) is 5.75. The van der Waals surface area contributed by atoms with Crippen molar-refractivity contribution in [1.82, 2.24) is 10.2 Å². The van der Waals surface area contributed by atoms with E-state index >= 15 is 0 Å². The maximum absolute atomic E-state index is 12.5. The SMILES string of the molecule is O=C(NCC1CN(C2CC2)C(=O)O1)c1ccc(C(F)(F)F)cc1. The number of cyclic esters (lactones) is 1. The van der Waals surface area contributed by atoms with Crippen LogP contribution in [0.5, 0.6) is 0 Å². The number of carbonyl (C=O) groups excluding carboxylic acids is 2. The molecule has 1 aromatic carbocycles. The van der Waals surface area contributed by atoms with Gasteiger partial charge in [-0.15, -0.1) is 0 Å². The van der Waals surface area contributed by atoms with Crippen molar-refractivity contribution < 1.29 is 27.5 Å². The van der Waals surface area contributed by atoms with Gasteiger partial charge in [-0.05, 0) is 37.1 Å². The Morgan fingerprint density at radius 3 is 2.48 bits per heavy atom. The third kappa shape index (κ3) is 3.57. The fourth-order valence-electron chi connectivity index (χ4n) is 2.45. The first-order valence-corrected chi connectivity index (χ1v) is 7.27. The molecule has 1 saturated heterocycles. The van der Waals surface area contributed by atoms with Crippen LogP contribution >= 0.6 is 0 Å². The number of halogens is 3. The molecule has 1 aliphatic heterocycles. The van der Waals surface area contributed by atoms with Gasteiger partial charge < -0.3 is 15.0 Å². The predicted octanol–water partition coefficient (Wildman–Crippen LogP) is 2.42. The van der Waals surface area contributed by atoms with Crippen LogP contribution < -0.4 is 5.32 Å². The van der Waals surface area contributed by atoms with Crippen LogP contribution in [0.3, 0.4) is 0 Å². The summed E-state index contributed by atoms with van der Waals surface area (Å²) in [6.45, 7) is 0.561. The lowest BCUT2D eigenvalue weighted by Crippen LogP contribution is -2.35. The summed E-state index contributed by atoms with van der Waals surface area (Å²) < 4.78 is 42.5. The summed E-state index contributed by atoms with van der Waals surface area (Å²) in [4.78, 5) is 25.2. The van der Waals surface area contributed by atoms with E-state index in [1.165, 1.54) is 0 Å². The molecule has 2 amide bonds. The number of alkyl halides is 3. The van der Waals surface area contributed by atoms with Gasteiger partial charge in [-0.25, -0.2) is 4.79 Å². The molecule has 23 heavy (non-hydrogen) atoms. The average Bonchev–Trinajstić information content (AvgIpc) is 3.27. The van der Waals surface area contributed by atoms with Gasteiger partial charge in [0.05, 0.1) is 18.7 Å². The summed E-state index contributed by atoms with van der Waals surface area (Å²) in [7, 11) is 0. The molecule has 1 unspecified atom stereocenters. The lowest BCUT2D eigenvalue weighted by molar-refractivity contribution is -0.137. The minimum atomic E-state index is -4.43. The molecule has 1 heterocycles. The minimum absolute atomic E-state index is 0.126. The zero-order valence-electron chi connectivity index (χ0n) is 12.1. The first kappa shape index (κ1) is 15.6. The first-order chi connectivity index (χ1) is 10.8. The van der Waals surface area contributed by atoms with Crippen LogP contribution in [0.4, 0.5) is 18.0 Å².